The largest absolute Gasteiger partial charge is 0.472 e. The number of nitrogens with zero attached hydrogens (tertiary/aromatic N) is 1. The normalized spacial score (nSPS) is 10.6. The summed E-state index contributed by atoms with van der Waals surface area (Å²) in [7, 11) is 0. The molecule has 0 radical (unpaired) electrons. The van der Waals surface area contributed by atoms with Crippen molar-refractivity contribution in [3.63, 3.8) is 0 Å². The van der Waals surface area contributed by atoms with E-state index in [1.165, 1.54) is 0 Å². The van der Waals surface area contributed by atoms with E-state index in [0.717, 1.165) is 16.3 Å². The molecule has 0 aliphatic rings. The number of rotatable bonds is 3. The summed E-state index contributed by atoms with van der Waals surface area (Å²) in [5, 5.41) is 4.52. The summed E-state index contributed by atoms with van der Waals surface area (Å²) in [5.74, 6) is 0.0974. The number of nitrogens with two attached hydrogens (primary N) is 1. The molecule has 0 aliphatic carbocycles. The molecule has 1 amide bonds. The van der Waals surface area contributed by atoms with Gasteiger partial charge >= 0.3 is 0 Å². The van der Waals surface area contributed by atoms with Gasteiger partial charge in [0.2, 0.25) is 0 Å². The zero-order valence-corrected chi connectivity index (χ0v) is 10.7. The van der Waals surface area contributed by atoms with Crippen LogP contribution in [0.15, 0.2) is 53.3 Å². The lowest BCUT2D eigenvalue weighted by Crippen LogP contribution is -2.23. The Bertz CT molecular complexity index is 751. The Hall–Kier alpha value is -2.82. The number of pyridine rings is 1. The van der Waals surface area contributed by atoms with Gasteiger partial charge in [0.1, 0.15) is 11.5 Å². The zero-order valence-electron chi connectivity index (χ0n) is 10.7. The molecular weight excluding hydrogens is 254 g/mol. The summed E-state index contributed by atoms with van der Waals surface area (Å²) >= 11 is 0. The second-order valence-corrected chi connectivity index (χ2v) is 4.43. The van der Waals surface area contributed by atoms with Crippen molar-refractivity contribution in [3.05, 3.63) is 60.2 Å². The van der Waals surface area contributed by atoms with E-state index >= 15 is 0 Å². The second kappa shape index (κ2) is 5.05. The molecule has 2 heterocycles. The van der Waals surface area contributed by atoms with E-state index < -0.39 is 0 Å². The van der Waals surface area contributed by atoms with Crippen molar-refractivity contribution in [1.29, 1.82) is 0 Å². The average molecular weight is 267 g/mol. The topological polar surface area (TPSA) is 81.1 Å². The number of carbonyl (C=O) groups is 1. The van der Waals surface area contributed by atoms with Crippen molar-refractivity contribution < 1.29 is 9.21 Å². The summed E-state index contributed by atoms with van der Waals surface area (Å²) in [6, 6.07) is 11.1. The lowest BCUT2D eigenvalue weighted by atomic mass is 10.1. The number of nitrogens with one attached hydrogen (secondary N) is 1. The van der Waals surface area contributed by atoms with Crippen molar-refractivity contribution in [2.45, 2.75) is 6.54 Å². The highest BCUT2D eigenvalue weighted by atomic mass is 16.3. The van der Waals surface area contributed by atoms with Crippen LogP contribution in [0, 0.1) is 0 Å². The summed E-state index contributed by atoms with van der Waals surface area (Å²) < 4.78 is 4.94. The molecular formula is C15H13N3O2. The van der Waals surface area contributed by atoms with Gasteiger partial charge in [0.15, 0.2) is 0 Å². The molecule has 3 aromatic rings. The molecule has 0 bridgehead atoms. The molecule has 0 unspecified atom stereocenters. The molecule has 0 saturated heterocycles. The van der Waals surface area contributed by atoms with Crippen molar-refractivity contribution in [2.24, 2.45) is 0 Å². The molecule has 1 aromatic carbocycles. The Labute approximate surface area is 115 Å². The molecule has 5 heteroatoms. The van der Waals surface area contributed by atoms with Crippen LogP contribution in [0.1, 0.15) is 16.1 Å². The molecule has 100 valence electrons. The van der Waals surface area contributed by atoms with E-state index in [1.54, 1.807) is 24.7 Å². The van der Waals surface area contributed by atoms with Gasteiger partial charge in [-0.2, -0.15) is 0 Å². The predicted octanol–water partition coefficient (Wildman–Crippen LogP) is 2.34. The first-order valence-corrected chi connectivity index (χ1v) is 6.18. The van der Waals surface area contributed by atoms with Crippen molar-refractivity contribution in [2.75, 3.05) is 5.73 Å². The van der Waals surface area contributed by atoms with Crippen LogP contribution in [0.3, 0.4) is 0 Å². The quantitative estimate of drug-likeness (QED) is 0.763. The van der Waals surface area contributed by atoms with Gasteiger partial charge < -0.3 is 15.5 Å². The van der Waals surface area contributed by atoms with Crippen LogP contribution in [-0.2, 0) is 6.54 Å². The molecule has 5 nitrogen and oxygen atoms in total. The Morgan fingerprint density at radius 1 is 1.30 bits per heavy atom. The zero-order chi connectivity index (χ0) is 13.9. The Morgan fingerprint density at radius 2 is 2.15 bits per heavy atom. The standard InChI is InChI=1S/C15H13N3O2/c16-14-12-4-2-1-3-11(12)7-13(18-14)15(19)17-8-10-5-6-20-9-10/h1-7,9H,8H2,(H2,16,18)(H,17,19). The highest BCUT2D eigenvalue weighted by Gasteiger charge is 2.10. The van der Waals surface area contributed by atoms with E-state index in [1.807, 2.05) is 24.3 Å². The number of benzene rings is 1. The maximum Gasteiger partial charge on any atom is 0.270 e. The van der Waals surface area contributed by atoms with E-state index in [2.05, 4.69) is 10.3 Å². The van der Waals surface area contributed by atoms with E-state index in [9.17, 15) is 4.79 Å². The number of furan rings is 1. The molecule has 0 fully saturated rings. The minimum absolute atomic E-state index is 0.261. The molecule has 3 rings (SSSR count). The molecule has 0 saturated carbocycles. The fourth-order valence-corrected chi connectivity index (χ4v) is 2.01. The SMILES string of the molecule is Nc1nc(C(=O)NCc2ccoc2)cc2ccccc12. The van der Waals surface area contributed by atoms with E-state index in [4.69, 9.17) is 10.2 Å². The first-order valence-electron chi connectivity index (χ1n) is 6.18. The van der Waals surface area contributed by atoms with Crippen molar-refractivity contribution >= 4 is 22.5 Å². The number of hydrogen-bond donors (Lipinski definition) is 2. The van der Waals surface area contributed by atoms with Crippen LogP contribution in [-0.4, -0.2) is 10.9 Å². The highest BCUT2D eigenvalue weighted by molar-refractivity contribution is 5.99. The number of aromatic nitrogens is 1. The third-order valence-electron chi connectivity index (χ3n) is 3.04. The molecule has 0 atom stereocenters. The van der Waals surface area contributed by atoms with Gasteiger partial charge in [0.25, 0.3) is 5.91 Å². The summed E-state index contributed by atoms with van der Waals surface area (Å²) in [6.45, 7) is 0.393. The first kappa shape index (κ1) is 12.2. The van der Waals surface area contributed by atoms with Crippen molar-refractivity contribution in [1.82, 2.24) is 10.3 Å². The summed E-state index contributed by atoms with van der Waals surface area (Å²) in [4.78, 5) is 16.2. The van der Waals surface area contributed by atoms with E-state index in [-0.39, 0.29) is 5.91 Å². The second-order valence-electron chi connectivity index (χ2n) is 4.43. The van der Waals surface area contributed by atoms with Crippen LogP contribution in [0.4, 0.5) is 5.82 Å². The van der Waals surface area contributed by atoms with E-state index in [0.29, 0.717) is 18.1 Å². The Morgan fingerprint density at radius 3 is 2.95 bits per heavy atom. The number of fused-ring (bicyclic) bond motifs is 1. The maximum atomic E-state index is 12.1. The lowest BCUT2D eigenvalue weighted by molar-refractivity contribution is 0.0946. The first-order chi connectivity index (χ1) is 9.74. The molecule has 0 aliphatic heterocycles. The van der Waals surface area contributed by atoms with Crippen LogP contribution in [0.5, 0.6) is 0 Å². The number of nitrogen functional groups attached to an aromatic ring is 1. The molecule has 2 aromatic heterocycles. The average Bonchev–Trinajstić information content (AvgIpc) is 2.98. The monoisotopic (exact) mass is 267 g/mol. The van der Waals surface area contributed by atoms with Crippen LogP contribution < -0.4 is 11.1 Å². The molecule has 3 N–H and O–H groups in total. The van der Waals surface area contributed by atoms with Gasteiger partial charge in [-0.25, -0.2) is 4.98 Å². The number of carbonyl (C=O) groups excluding carboxylic acids is 1. The smallest absolute Gasteiger partial charge is 0.270 e. The van der Waals surface area contributed by atoms with Crippen LogP contribution in [0.25, 0.3) is 10.8 Å². The fraction of sp³-hybridized carbons (Fsp3) is 0.0667. The summed E-state index contributed by atoms with van der Waals surface area (Å²) in [6.07, 6.45) is 3.15. The third-order valence-corrected chi connectivity index (χ3v) is 3.04. The van der Waals surface area contributed by atoms with Gasteiger partial charge in [-0.3, -0.25) is 4.79 Å². The fourth-order valence-electron chi connectivity index (χ4n) is 2.01. The lowest BCUT2D eigenvalue weighted by Gasteiger charge is -2.06. The van der Waals surface area contributed by atoms with Crippen LogP contribution >= 0.6 is 0 Å². The van der Waals surface area contributed by atoms with Gasteiger partial charge in [-0.1, -0.05) is 24.3 Å². The highest BCUT2D eigenvalue weighted by Crippen LogP contribution is 2.19. The predicted molar refractivity (Wildman–Crippen MR) is 76.0 cm³/mol. The van der Waals surface area contributed by atoms with Gasteiger partial charge in [-0.15, -0.1) is 0 Å². The Balaban J connectivity index is 1.84. The van der Waals surface area contributed by atoms with Crippen LogP contribution in [0.2, 0.25) is 0 Å². The summed E-state index contributed by atoms with van der Waals surface area (Å²) in [5.41, 5.74) is 7.08. The Kier molecular flexibility index (Phi) is 3.09. The minimum Gasteiger partial charge on any atom is -0.472 e. The van der Waals surface area contributed by atoms with Crippen molar-refractivity contribution in [3.8, 4) is 0 Å². The number of hydrogen-bond acceptors (Lipinski definition) is 4. The number of anilines is 1. The van der Waals surface area contributed by atoms with Gasteiger partial charge in [0, 0.05) is 17.5 Å². The number of amides is 1. The molecule has 0 spiro atoms. The van der Waals surface area contributed by atoms with Gasteiger partial charge in [0.05, 0.1) is 12.5 Å². The third kappa shape index (κ3) is 2.33. The minimum atomic E-state index is -0.261. The molecule has 20 heavy (non-hydrogen) atoms. The van der Waals surface area contributed by atoms with Gasteiger partial charge in [-0.05, 0) is 17.5 Å². The maximum absolute atomic E-state index is 12.1.